The largest absolute Gasteiger partial charge is 0.323 e. The van der Waals surface area contributed by atoms with Crippen LogP contribution in [0.4, 0.5) is 5.69 Å². The molecule has 0 radical (unpaired) electrons. The van der Waals surface area contributed by atoms with Crippen LogP contribution in [0.25, 0.3) is 11.3 Å². The molecular formula is C18H14Cl2N4O2. The average Bonchev–Trinajstić information content (AvgIpc) is 2.66. The van der Waals surface area contributed by atoms with E-state index in [-0.39, 0.29) is 10.6 Å². The highest BCUT2D eigenvalue weighted by Gasteiger charge is 2.19. The first kappa shape index (κ1) is 18.1. The summed E-state index contributed by atoms with van der Waals surface area (Å²) < 4.78 is 1.13. The number of aromatic nitrogens is 3. The molecule has 0 saturated carbocycles. The first-order chi connectivity index (χ1) is 12.5. The fraction of sp³-hybridized carbons (Fsp3) is 0.111. The number of halogens is 2. The molecule has 1 unspecified atom stereocenters. The van der Waals surface area contributed by atoms with Crippen LogP contribution in [-0.4, -0.2) is 20.7 Å². The summed E-state index contributed by atoms with van der Waals surface area (Å²) in [5.74, 6) is -0.435. The Kier molecular flexibility index (Phi) is 5.35. The molecule has 1 amide bonds. The Morgan fingerprint density at radius 3 is 2.58 bits per heavy atom. The Morgan fingerprint density at radius 2 is 1.85 bits per heavy atom. The summed E-state index contributed by atoms with van der Waals surface area (Å²) >= 11 is 12.0. The van der Waals surface area contributed by atoms with Crippen LogP contribution in [0.1, 0.15) is 13.0 Å². The maximum Gasteiger partial charge on any atom is 0.267 e. The molecule has 6 nitrogen and oxygen atoms in total. The molecule has 3 rings (SSSR count). The van der Waals surface area contributed by atoms with Crippen LogP contribution in [0.5, 0.6) is 0 Å². The van der Waals surface area contributed by atoms with E-state index in [2.05, 4.69) is 15.4 Å². The van der Waals surface area contributed by atoms with Gasteiger partial charge in [0.25, 0.3) is 5.56 Å². The first-order valence-electron chi connectivity index (χ1n) is 7.72. The molecule has 132 valence electrons. The molecule has 0 bridgehead atoms. The number of carbonyl (C=O) groups excluding carboxylic acids is 1. The molecule has 1 aromatic carbocycles. The van der Waals surface area contributed by atoms with Gasteiger partial charge in [-0.25, -0.2) is 4.68 Å². The lowest BCUT2D eigenvalue weighted by Crippen LogP contribution is -2.33. The van der Waals surface area contributed by atoms with Gasteiger partial charge in [-0.15, -0.1) is 0 Å². The van der Waals surface area contributed by atoms with Crippen molar-refractivity contribution in [3.63, 3.8) is 0 Å². The number of pyridine rings is 1. The van der Waals surface area contributed by atoms with E-state index in [1.54, 1.807) is 55.7 Å². The molecule has 0 aliphatic rings. The molecule has 2 aromatic heterocycles. The number of hydrogen-bond acceptors (Lipinski definition) is 4. The number of rotatable bonds is 4. The third kappa shape index (κ3) is 3.76. The number of nitrogens with one attached hydrogen (secondary N) is 1. The van der Waals surface area contributed by atoms with E-state index in [1.807, 2.05) is 0 Å². The molecule has 0 aliphatic heterocycles. The third-order valence-corrected chi connectivity index (χ3v) is 4.58. The average molecular weight is 389 g/mol. The fourth-order valence-corrected chi connectivity index (χ4v) is 2.68. The summed E-state index contributed by atoms with van der Waals surface area (Å²) in [7, 11) is 0. The summed E-state index contributed by atoms with van der Waals surface area (Å²) in [5, 5.41) is 7.53. The molecule has 0 saturated heterocycles. The number of benzene rings is 1. The second-order valence-electron chi connectivity index (χ2n) is 5.50. The van der Waals surface area contributed by atoms with Gasteiger partial charge in [0.1, 0.15) is 6.04 Å². The molecule has 8 heteroatoms. The van der Waals surface area contributed by atoms with Gasteiger partial charge in [0.15, 0.2) is 0 Å². The third-order valence-electron chi connectivity index (χ3n) is 3.76. The number of nitrogens with zero attached hydrogens (tertiary/aromatic N) is 3. The smallest absolute Gasteiger partial charge is 0.267 e. The minimum absolute atomic E-state index is 0.237. The molecule has 0 aliphatic carbocycles. The Labute approximate surface area is 159 Å². The van der Waals surface area contributed by atoms with Crippen molar-refractivity contribution in [1.82, 2.24) is 14.8 Å². The van der Waals surface area contributed by atoms with E-state index in [4.69, 9.17) is 23.2 Å². The molecular weight excluding hydrogens is 375 g/mol. The van der Waals surface area contributed by atoms with Crippen molar-refractivity contribution in [3.8, 4) is 11.3 Å². The first-order valence-corrected chi connectivity index (χ1v) is 8.48. The van der Waals surface area contributed by atoms with Gasteiger partial charge in [0, 0.05) is 24.0 Å². The molecule has 26 heavy (non-hydrogen) atoms. The summed E-state index contributed by atoms with van der Waals surface area (Å²) in [6.07, 6.45) is 3.26. The maximum absolute atomic E-state index is 12.6. The van der Waals surface area contributed by atoms with Crippen LogP contribution in [0.3, 0.4) is 0 Å². The zero-order valence-corrected chi connectivity index (χ0v) is 15.2. The lowest BCUT2D eigenvalue weighted by molar-refractivity contribution is -0.119. The number of hydrogen-bond donors (Lipinski definition) is 1. The van der Waals surface area contributed by atoms with E-state index in [0.717, 1.165) is 10.2 Å². The second kappa shape index (κ2) is 7.68. The normalized spacial score (nSPS) is 11.8. The lowest BCUT2D eigenvalue weighted by Gasteiger charge is -2.16. The van der Waals surface area contributed by atoms with Gasteiger partial charge < -0.3 is 5.32 Å². The second-order valence-corrected chi connectivity index (χ2v) is 6.29. The van der Waals surface area contributed by atoms with Crippen molar-refractivity contribution >= 4 is 34.8 Å². The Balaban J connectivity index is 1.89. The summed E-state index contributed by atoms with van der Waals surface area (Å²) in [5.41, 5.74) is 1.34. The number of carbonyl (C=O) groups is 1. The zero-order valence-electron chi connectivity index (χ0n) is 13.7. The van der Waals surface area contributed by atoms with E-state index in [0.29, 0.717) is 16.4 Å². The quantitative estimate of drug-likeness (QED) is 0.736. The molecule has 0 spiro atoms. The highest BCUT2D eigenvalue weighted by molar-refractivity contribution is 6.44. The number of amides is 1. The Bertz CT molecular complexity index is 1010. The predicted octanol–water partition coefficient (Wildman–Crippen LogP) is 3.81. The Hall–Kier alpha value is -2.70. The van der Waals surface area contributed by atoms with Crippen LogP contribution in [0.15, 0.2) is 59.7 Å². The number of anilines is 1. The molecule has 0 fully saturated rings. The van der Waals surface area contributed by atoms with Gasteiger partial charge in [-0.3, -0.25) is 14.6 Å². The van der Waals surface area contributed by atoms with Crippen molar-refractivity contribution < 1.29 is 4.79 Å². The molecule has 3 aromatic rings. The van der Waals surface area contributed by atoms with Gasteiger partial charge in [-0.2, -0.15) is 5.10 Å². The van der Waals surface area contributed by atoms with Crippen LogP contribution in [-0.2, 0) is 4.79 Å². The SMILES string of the molecule is CC(C(=O)Nc1cccc(Cl)c1Cl)n1nc(-c2ccncc2)ccc1=O. The summed E-state index contributed by atoms with van der Waals surface area (Å²) in [6, 6.07) is 10.6. The Morgan fingerprint density at radius 1 is 1.12 bits per heavy atom. The zero-order chi connectivity index (χ0) is 18.7. The lowest BCUT2D eigenvalue weighted by atomic mass is 10.2. The maximum atomic E-state index is 12.6. The van der Waals surface area contributed by atoms with E-state index < -0.39 is 11.9 Å². The molecule has 2 heterocycles. The van der Waals surface area contributed by atoms with E-state index in [1.165, 1.54) is 6.07 Å². The minimum atomic E-state index is -0.848. The van der Waals surface area contributed by atoms with Gasteiger partial charge in [-0.05, 0) is 37.3 Å². The van der Waals surface area contributed by atoms with Crippen molar-refractivity contribution in [2.24, 2.45) is 0 Å². The van der Waals surface area contributed by atoms with Crippen LogP contribution in [0, 0.1) is 0 Å². The standard InChI is InChI=1S/C18H14Cl2N4O2/c1-11(18(26)22-15-4-2-3-13(19)17(15)20)24-16(25)6-5-14(23-24)12-7-9-21-10-8-12/h2-11H,1H3,(H,22,26). The minimum Gasteiger partial charge on any atom is -0.323 e. The van der Waals surface area contributed by atoms with E-state index in [9.17, 15) is 9.59 Å². The van der Waals surface area contributed by atoms with Gasteiger partial charge in [-0.1, -0.05) is 29.3 Å². The van der Waals surface area contributed by atoms with Crippen molar-refractivity contribution in [3.05, 3.63) is 75.3 Å². The molecule has 1 atom stereocenters. The fourth-order valence-electron chi connectivity index (χ4n) is 2.33. The van der Waals surface area contributed by atoms with Crippen LogP contribution in [0.2, 0.25) is 10.0 Å². The topological polar surface area (TPSA) is 76.9 Å². The summed E-state index contributed by atoms with van der Waals surface area (Å²) in [4.78, 5) is 28.7. The predicted molar refractivity (Wildman–Crippen MR) is 102 cm³/mol. The van der Waals surface area contributed by atoms with Gasteiger partial charge >= 0.3 is 0 Å². The van der Waals surface area contributed by atoms with Gasteiger partial charge in [0.05, 0.1) is 21.4 Å². The van der Waals surface area contributed by atoms with Crippen LogP contribution >= 0.6 is 23.2 Å². The van der Waals surface area contributed by atoms with Crippen molar-refractivity contribution in [1.29, 1.82) is 0 Å². The van der Waals surface area contributed by atoms with Gasteiger partial charge in [0.2, 0.25) is 5.91 Å². The summed E-state index contributed by atoms with van der Waals surface area (Å²) in [6.45, 7) is 1.58. The highest BCUT2D eigenvalue weighted by Crippen LogP contribution is 2.30. The monoisotopic (exact) mass is 388 g/mol. The van der Waals surface area contributed by atoms with Crippen LogP contribution < -0.4 is 10.9 Å². The highest BCUT2D eigenvalue weighted by atomic mass is 35.5. The molecule has 1 N–H and O–H groups in total. The van der Waals surface area contributed by atoms with Crippen molar-refractivity contribution in [2.75, 3.05) is 5.32 Å². The van der Waals surface area contributed by atoms with E-state index >= 15 is 0 Å². The van der Waals surface area contributed by atoms with Crippen molar-refractivity contribution in [2.45, 2.75) is 13.0 Å².